The molecular weight excluding hydrogens is 339 g/mol. The van der Waals surface area contributed by atoms with Crippen molar-refractivity contribution in [1.82, 2.24) is 19.8 Å². The third kappa shape index (κ3) is 3.63. The number of amides is 2. The predicted octanol–water partition coefficient (Wildman–Crippen LogP) is 1.19. The number of aromatic amines is 1. The first kappa shape index (κ1) is 17.8. The molecule has 0 atom stereocenters. The van der Waals surface area contributed by atoms with Crippen LogP contribution in [0.4, 0.5) is 4.39 Å². The molecule has 2 heterocycles. The Balaban J connectivity index is 1.88. The van der Waals surface area contributed by atoms with Crippen LogP contribution in [0.25, 0.3) is 11.3 Å². The molecule has 0 aliphatic carbocycles. The quantitative estimate of drug-likeness (QED) is 0.874. The molecule has 1 aliphatic heterocycles. The highest BCUT2D eigenvalue weighted by atomic mass is 19.1. The van der Waals surface area contributed by atoms with Gasteiger partial charge < -0.3 is 14.8 Å². The van der Waals surface area contributed by atoms with Gasteiger partial charge in [0.25, 0.3) is 5.91 Å². The first-order valence-corrected chi connectivity index (χ1v) is 8.28. The average Bonchev–Trinajstić information content (AvgIpc) is 2.62. The third-order valence-electron chi connectivity index (χ3n) is 4.39. The van der Waals surface area contributed by atoms with Crippen LogP contribution in [0.3, 0.4) is 0 Å². The fourth-order valence-electron chi connectivity index (χ4n) is 2.94. The van der Waals surface area contributed by atoms with Crippen molar-refractivity contribution in [1.29, 1.82) is 0 Å². The van der Waals surface area contributed by atoms with Gasteiger partial charge in [0.05, 0.1) is 5.69 Å². The lowest BCUT2D eigenvalue weighted by atomic mass is 10.1. The summed E-state index contributed by atoms with van der Waals surface area (Å²) in [5.74, 6) is -0.921. The average molecular weight is 358 g/mol. The van der Waals surface area contributed by atoms with Gasteiger partial charge in [-0.25, -0.2) is 9.18 Å². The number of aromatic nitrogens is 2. The fraction of sp³-hybridized carbons (Fsp3) is 0.333. The molecule has 0 bridgehead atoms. The summed E-state index contributed by atoms with van der Waals surface area (Å²) in [7, 11) is 0. The van der Waals surface area contributed by atoms with E-state index >= 15 is 0 Å². The number of carbonyl (C=O) groups excluding carboxylic acids is 2. The van der Waals surface area contributed by atoms with Crippen LogP contribution >= 0.6 is 0 Å². The van der Waals surface area contributed by atoms with E-state index in [0.29, 0.717) is 26.2 Å². The summed E-state index contributed by atoms with van der Waals surface area (Å²) in [5.41, 5.74) is 0.440. The lowest BCUT2D eigenvalue weighted by Crippen LogP contribution is -2.50. The van der Waals surface area contributed by atoms with Gasteiger partial charge in [0, 0.05) is 38.7 Å². The highest BCUT2D eigenvalue weighted by Crippen LogP contribution is 2.22. The number of nitrogens with zero attached hydrogens (tertiary/aromatic N) is 3. The lowest BCUT2D eigenvalue weighted by molar-refractivity contribution is -0.130. The minimum Gasteiger partial charge on any atom is -0.339 e. The van der Waals surface area contributed by atoms with Crippen LogP contribution in [0.1, 0.15) is 23.0 Å². The zero-order valence-electron chi connectivity index (χ0n) is 14.6. The predicted molar refractivity (Wildman–Crippen MR) is 93.1 cm³/mol. The normalized spacial score (nSPS) is 14.4. The van der Waals surface area contributed by atoms with Crippen LogP contribution in [-0.4, -0.2) is 57.8 Å². The molecule has 136 valence electrons. The molecule has 1 aromatic heterocycles. The van der Waals surface area contributed by atoms with Crippen molar-refractivity contribution >= 4 is 11.8 Å². The second kappa shape index (κ2) is 7.07. The molecule has 1 fully saturated rings. The van der Waals surface area contributed by atoms with Gasteiger partial charge in [-0.15, -0.1) is 0 Å². The zero-order valence-corrected chi connectivity index (χ0v) is 14.6. The number of halogens is 1. The molecule has 0 saturated carbocycles. The van der Waals surface area contributed by atoms with Crippen molar-refractivity contribution in [3.05, 3.63) is 51.8 Å². The number of nitrogens with one attached hydrogen (secondary N) is 1. The van der Waals surface area contributed by atoms with Crippen molar-refractivity contribution in [2.45, 2.75) is 13.8 Å². The number of hydrogen-bond acceptors (Lipinski definition) is 4. The van der Waals surface area contributed by atoms with Crippen LogP contribution in [0.15, 0.2) is 29.1 Å². The summed E-state index contributed by atoms with van der Waals surface area (Å²) in [6.45, 7) is 4.91. The van der Waals surface area contributed by atoms with Crippen LogP contribution < -0.4 is 5.69 Å². The van der Waals surface area contributed by atoms with Gasteiger partial charge in [0.2, 0.25) is 5.91 Å². The van der Waals surface area contributed by atoms with Crippen LogP contribution in [-0.2, 0) is 4.79 Å². The largest absolute Gasteiger partial charge is 0.346 e. The zero-order chi connectivity index (χ0) is 18.8. The molecule has 3 rings (SSSR count). The molecule has 1 aromatic carbocycles. The monoisotopic (exact) mass is 358 g/mol. The summed E-state index contributed by atoms with van der Waals surface area (Å²) >= 11 is 0. The molecule has 1 saturated heterocycles. The highest BCUT2D eigenvalue weighted by molar-refractivity contribution is 5.93. The van der Waals surface area contributed by atoms with Crippen molar-refractivity contribution in [3.63, 3.8) is 0 Å². The van der Waals surface area contributed by atoms with Crippen LogP contribution in [0.5, 0.6) is 0 Å². The molecule has 2 amide bonds. The topological polar surface area (TPSA) is 86.4 Å². The Morgan fingerprint density at radius 1 is 1.12 bits per heavy atom. The van der Waals surface area contributed by atoms with Gasteiger partial charge in [0.1, 0.15) is 11.5 Å². The van der Waals surface area contributed by atoms with Crippen LogP contribution in [0, 0.1) is 12.7 Å². The fourth-order valence-corrected chi connectivity index (χ4v) is 2.94. The Kier molecular flexibility index (Phi) is 4.83. The first-order chi connectivity index (χ1) is 12.3. The first-order valence-electron chi connectivity index (χ1n) is 8.28. The minimum atomic E-state index is -0.714. The molecule has 2 aromatic rings. The number of H-pyrrole nitrogens is 1. The summed E-state index contributed by atoms with van der Waals surface area (Å²) in [5, 5.41) is 0. The molecule has 1 N–H and O–H groups in total. The van der Waals surface area contributed by atoms with E-state index < -0.39 is 11.5 Å². The minimum absolute atomic E-state index is 0.0355. The van der Waals surface area contributed by atoms with Crippen molar-refractivity contribution < 1.29 is 14.0 Å². The van der Waals surface area contributed by atoms with Gasteiger partial charge in [-0.05, 0) is 25.1 Å². The molecule has 0 unspecified atom stereocenters. The SMILES string of the molecule is CC(=O)N1CCN(C(=O)c2cc(-c3cc(C)ccc3F)nc(=O)[nH]2)CC1. The number of benzene rings is 1. The number of hydrogen-bond donors (Lipinski definition) is 1. The van der Waals surface area contributed by atoms with Gasteiger partial charge in [-0.1, -0.05) is 11.6 Å². The van der Waals surface area contributed by atoms with Gasteiger partial charge >= 0.3 is 5.69 Å². The highest BCUT2D eigenvalue weighted by Gasteiger charge is 2.24. The summed E-state index contributed by atoms with van der Waals surface area (Å²) < 4.78 is 14.1. The number of rotatable bonds is 2. The molecular formula is C18H19FN4O3. The molecule has 26 heavy (non-hydrogen) atoms. The Hall–Kier alpha value is -3.03. The van der Waals surface area contributed by atoms with Gasteiger partial charge in [-0.2, -0.15) is 4.98 Å². The maximum absolute atomic E-state index is 14.1. The molecule has 0 spiro atoms. The number of carbonyl (C=O) groups is 2. The Morgan fingerprint density at radius 3 is 2.42 bits per heavy atom. The molecule has 1 aliphatic rings. The van der Waals surface area contributed by atoms with Crippen molar-refractivity contribution in [2.24, 2.45) is 0 Å². The van der Waals surface area contributed by atoms with E-state index in [9.17, 15) is 18.8 Å². The number of aryl methyl sites for hydroxylation is 1. The standard InChI is InChI=1S/C18H19FN4O3/c1-11-3-4-14(19)13(9-11)15-10-16(21-18(26)20-15)17(25)23-7-5-22(6-8-23)12(2)24/h3-4,9-10H,5-8H2,1-2H3,(H,20,21,26). The van der Waals surface area contributed by atoms with E-state index in [0.717, 1.165) is 5.56 Å². The third-order valence-corrected chi connectivity index (χ3v) is 4.39. The van der Waals surface area contributed by atoms with Crippen molar-refractivity contribution in [3.8, 4) is 11.3 Å². The van der Waals surface area contributed by atoms with E-state index in [1.807, 2.05) is 0 Å². The van der Waals surface area contributed by atoms with E-state index in [1.165, 1.54) is 19.1 Å². The maximum Gasteiger partial charge on any atom is 0.346 e. The van der Waals surface area contributed by atoms with E-state index in [2.05, 4.69) is 9.97 Å². The number of piperazine rings is 1. The van der Waals surface area contributed by atoms with E-state index in [1.54, 1.807) is 28.9 Å². The van der Waals surface area contributed by atoms with Gasteiger partial charge in [-0.3, -0.25) is 9.59 Å². The Morgan fingerprint density at radius 2 is 1.77 bits per heavy atom. The Bertz CT molecular complexity index is 917. The second-order valence-electron chi connectivity index (χ2n) is 6.27. The summed E-state index contributed by atoms with van der Waals surface area (Å²) in [6, 6.07) is 5.89. The van der Waals surface area contributed by atoms with Crippen molar-refractivity contribution in [2.75, 3.05) is 26.2 Å². The second-order valence-corrected chi connectivity index (χ2v) is 6.27. The van der Waals surface area contributed by atoms with Gasteiger partial charge in [0.15, 0.2) is 0 Å². The van der Waals surface area contributed by atoms with E-state index in [4.69, 9.17) is 0 Å². The molecule has 7 nitrogen and oxygen atoms in total. The summed E-state index contributed by atoms with van der Waals surface area (Å²) in [4.78, 5) is 45.4. The maximum atomic E-state index is 14.1. The Labute approximate surface area is 149 Å². The smallest absolute Gasteiger partial charge is 0.339 e. The molecule has 0 radical (unpaired) electrons. The molecule has 8 heteroatoms. The van der Waals surface area contributed by atoms with E-state index in [-0.39, 0.29) is 28.8 Å². The summed E-state index contributed by atoms with van der Waals surface area (Å²) in [6.07, 6.45) is 0. The van der Waals surface area contributed by atoms with Crippen LogP contribution in [0.2, 0.25) is 0 Å². The lowest BCUT2D eigenvalue weighted by Gasteiger charge is -2.34.